The van der Waals surface area contributed by atoms with Gasteiger partial charge in [-0.2, -0.15) is 0 Å². The fourth-order valence-corrected chi connectivity index (χ4v) is 3.86. The number of rotatable bonds is 14. The predicted octanol–water partition coefficient (Wildman–Crippen LogP) is 2.17. The van der Waals surface area contributed by atoms with E-state index in [0.29, 0.717) is 5.56 Å². The molecular formula is C26H31ClFN3O7. The van der Waals surface area contributed by atoms with E-state index in [0.717, 1.165) is 10.8 Å². The molecule has 0 spiro atoms. The molecule has 3 rings (SSSR count). The number of nitrogens with one attached hydrogen (secondary N) is 1. The second kappa shape index (κ2) is 14.9. The summed E-state index contributed by atoms with van der Waals surface area (Å²) < 4.78 is 25.0. The van der Waals surface area contributed by atoms with Crippen LogP contribution in [-0.2, 0) is 16.0 Å². The summed E-state index contributed by atoms with van der Waals surface area (Å²) in [5.74, 6) is -0.337. The van der Waals surface area contributed by atoms with Gasteiger partial charge in [0, 0.05) is 24.7 Å². The lowest BCUT2D eigenvalue weighted by atomic mass is 10.1. The molecule has 3 aromatic rings. The zero-order chi connectivity index (χ0) is 27.5. The lowest BCUT2D eigenvalue weighted by molar-refractivity contribution is -0.0370. The highest BCUT2D eigenvalue weighted by atomic mass is 35.5. The standard InChI is InChI=1S/C26H31ClFN3O7/c27-25-19(6-3-7-23(25)28)10-31(11-21(34)12-32)20(14-37-16-22(35)13-33)15-38-26(36)30-24-8-17-4-1-2-5-18(17)9-29-24/h1-9,20-22,32-35H,10-16H2,(H,29,30,36)/t20-,21-,22+/m0/s1. The minimum atomic E-state index is -1.16. The van der Waals surface area contributed by atoms with Gasteiger partial charge in [0.15, 0.2) is 0 Å². The number of pyridine rings is 1. The van der Waals surface area contributed by atoms with E-state index in [1.54, 1.807) is 23.2 Å². The number of carbonyl (C=O) groups excluding carboxylic acids is 1. The number of halogens is 2. The van der Waals surface area contributed by atoms with Crippen LogP contribution >= 0.6 is 11.6 Å². The highest BCUT2D eigenvalue weighted by Crippen LogP contribution is 2.23. The van der Waals surface area contributed by atoms with Crippen molar-refractivity contribution in [2.24, 2.45) is 0 Å². The van der Waals surface area contributed by atoms with E-state index >= 15 is 0 Å². The molecule has 3 atom stereocenters. The van der Waals surface area contributed by atoms with Crippen LogP contribution in [0.15, 0.2) is 54.7 Å². The molecule has 0 saturated heterocycles. The van der Waals surface area contributed by atoms with Crippen LogP contribution in [0.1, 0.15) is 5.56 Å². The van der Waals surface area contributed by atoms with Crippen LogP contribution in [0.4, 0.5) is 15.0 Å². The molecule has 0 fully saturated rings. The van der Waals surface area contributed by atoms with Gasteiger partial charge in [0.1, 0.15) is 24.3 Å². The molecule has 12 heteroatoms. The Kier molecular flexibility index (Phi) is 11.6. The number of amides is 1. The number of benzene rings is 2. The molecule has 1 amide bonds. The number of ether oxygens (including phenoxy) is 2. The van der Waals surface area contributed by atoms with Crippen LogP contribution in [0.5, 0.6) is 0 Å². The molecular weight excluding hydrogens is 521 g/mol. The van der Waals surface area contributed by atoms with Crippen LogP contribution in [-0.4, -0.2) is 94.2 Å². The van der Waals surface area contributed by atoms with Gasteiger partial charge in [-0.15, -0.1) is 0 Å². The summed E-state index contributed by atoms with van der Waals surface area (Å²) >= 11 is 6.13. The third kappa shape index (κ3) is 8.84. The number of aliphatic hydroxyl groups is 4. The van der Waals surface area contributed by atoms with Gasteiger partial charge in [0.2, 0.25) is 0 Å². The number of anilines is 1. The number of nitrogens with zero attached hydrogens (tertiary/aromatic N) is 2. The van der Waals surface area contributed by atoms with Crippen molar-refractivity contribution >= 4 is 34.3 Å². The van der Waals surface area contributed by atoms with Crippen molar-refractivity contribution in [1.82, 2.24) is 9.88 Å². The van der Waals surface area contributed by atoms with Gasteiger partial charge in [-0.05, 0) is 23.1 Å². The molecule has 1 heterocycles. The minimum Gasteiger partial charge on any atom is -0.448 e. The van der Waals surface area contributed by atoms with E-state index < -0.39 is 43.4 Å². The van der Waals surface area contributed by atoms with Crippen molar-refractivity contribution in [2.45, 2.75) is 24.8 Å². The molecule has 38 heavy (non-hydrogen) atoms. The third-order valence-corrected chi connectivity index (χ3v) is 6.10. The van der Waals surface area contributed by atoms with Gasteiger partial charge in [0.05, 0.1) is 43.6 Å². The summed E-state index contributed by atoms with van der Waals surface area (Å²) in [7, 11) is 0. The Balaban J connectivity index is 1.74. The molecule has 206 valence electrons. The molecule has 0 aliphatic rings. The number of fused-ring (bicyclic) bond motifs is 1. The summed E-state index contributed by atoms with van der Waals surface area (Å²) in [5, 5.41) is 42.5. The van der Waals surface area contributed by atoms with E-state index in [1.807, 2.05) is 24.3 Å². The van der Waals surface area contributed by atoms with Gasteiger partial charge in [-0.3, -0.25) is 10.2 Å². The normalized spacial score (nSPS) is 13.9. The van der Waals surface area contributed by atoms with Gasteiger partial charge in [-0.1, -0.05) is 48.0 Å². The Morgan fingerprint density at radius 3 is 2.50 bits per heavy atom. The second-order valence-electron chi connectivity index (χ2n) is 8.65. The fraction of sp³-hybridized carbons (Fsp3) is 0.385. The summed E-state index contributed by atoms with van der Waals surface area (Å²) in [6.45, 7) is -1.63. The van der Waals surface area contributed by atoms with Crippen LogP contribution in [0, 0.1) is 5.82 Å². The van der Waals surface area contributed by atoms with Crippen LogP contribution < -0.4 is 5.32 Å². The quantitative estimate of drug-likeness (QED) is 0.203. The maximum atomic E-state index is 14.0. The number of hydrogen-bond acceptors (Lipinski definition) is 9. The summed E-state index contributed by atoms with van der Waals surface area (Å²) in [6.07, 6.45) is -1.45. The van der Waals surface area contributed by atoms with Crippen LogP contribution in [0.25, 0.3) is 10.8 Å². The lowest BCUT2D eigenvalue weighted by Crippen LogP contribution is -2.47. The number of aliphatic hydroxyl groups excluding tert-OH is 4. The Bertz CT molecular complexity index is 1190. The zero-order valence-corrected chi connectivity index (χ0v) is 21.3. The SMILES string of the molecule is O=C(Nc1cc2ccccc2cn1)OC[C@H](COC[C@H](O)CO)N(Cc1cccc(F)c1Cl)C[C@H](O)CO. The molecule has 0 aliphatic carbocycles. The first-order chi connectivity index (χ1) is 18.3. The molecule has 10 nitrogen and oxygen atoms in total. The molecule has 0 radical (unpaired) electrons. The van der Waals surface area contributed by atoms with Gasteiger partial charge in [-0.25, -0.2) is 14.2 Å². The second-order valence-corrected chi connectivity index (χ2v) is 9.02. The Morgan fingerprint density at radius 1 is 1.03 bits per heavy atom. The minimum absolute atomic E-state index is 0.0292. The average Bonchev–Trinajstić information content (AvgIpc) is 2.92. The van der Waals surface area contributed by atoms with Crippen molar-refractivity contribution in [3.8, 4) is 0 Å². The third-order valence-electron chi connectivity index (χ3n) is 5.68. The summed E-state index contributed by atoms with van der Waals surface area (Å²) in [6, 6.07) is 12.8. The first-order valence-corrected chi connectivity index (χ1v) is 12.3. The number of hydrogen-bond donors (Lipinski definition) is 5. The summed E-state index contributed by atoms with van der Waals surface area (Å²) in [4.78, 5) is 18.4. The fourth-order valence-electron chi connectivity index (χ4n) is 3.68. The smallest absolute Gasteiger partial charge is 0.412 e. The van der Waals surface area contributed by atoms with Crippen LogP contribution in [0.3, 0.4) is 0 Å². The molecule has 5 N–H and O–H groups in total. The Hall–Kier alpha value is -2.90. The van der Waals surface area contributed by atoms with Crippen molar-refractivity contribution < 1.29 is 39.1 Å². The van der Waals surface area contributed by atoms with Crippen LogP contribution in [0.2, 0.25) is 5.02 Å². The molecule has 2 aromatic carbocycles. The molecule has 0 aliphatic heterocycles. The molecule has 0 unspecified atom stereocenters. The lowest BCUT2D eigenvalue weighted by Gasteiger charge is -2.33. The van der Waals surface area contributed by atoms with Crippen molar-refractivity contribution in [1.29, 1.82) is 0 Å². The zero-order valence-electron chi connectivity index (χ0n) is 20.5. The Labute approximate surface area is 224 Å². The highest BCUT2D eigenvalue weighted by Gasteiger charge is 2.25. The average molecular weight is 552 g/mol. The summed E-state index contributed by atoms with van der Waals surface area (Å²) in [5.41, 5.74) is 0.405. The van der Waals surface area contributed by atoms with E-state index in [-0.39, 0.29) is 43.8 Å². The van der Waals surface area contributed by atoms with Gasteiger partial charge < -0.3 is 29.9 Å². The maximum Gasteiger partial charge on any atom is 0.412 e. The van der Waals surface area contributed by atoms with Crippen molar-refractivity contribution in [3.05, 3.63) is 71.1 Å². The molecule has 0 saturated carbocycles. The topological polar surface area (TPSA) is 145 Å². The molecule has 0 bridgehead atoms. The van der Waals surface area contributed by atoms with E-state index in [2.05, 4.69) is 10.3 Å². The molecule has 1 aromatic heterocycles. The van der Waals surface area contributed by atoms with Crippen molar-refractivity contribution in [2.75, 3.05) is 44.9 Å². The monoisotopic (exact) mass is 551 g/mol. The van der Waals surface area contributed by atoms with E-state index in [4.69, 9.17) is 26.2 Å². The van der Waals surface area contributed by atoms with Gasteiger partial charge in [0.25, 0.3) is 0 Å². The number of carbonyl (C=O) groups is 1. The largest absolute Gasteiger partial charge is 0.448 e. The van der Waals surface area contributed by atoms with E-state index in [9.17, 15) is 24.5 Å². The maximum absolute atomic E-state index is 14.0. The highest BCUT2D eigenvalue weighted by molar-refractivity contribution is 6.31. The first kappa shape index (κ1) is 29.7. The Morgan fingerprint density at radius 2 is 1.76 bits per heavy atom. The predicted molar refractivity (Wildman–Crippen MR) is 139 cm³/mol. The van der Waals surface area contributed by atoms with E-state index in [1.165, 1.54) is 12.1 Å². The number of aromatic nitrogens is 1. The first-order valence-electron chi connectivity index (χ1n) is 11.9. The van der Waals surface area contributed by atoms with Crippen molar-refractivity contribution in [3.63, 3.8) is 0 Å². The van der Waals surface area contributed by atoms with Gasteiger partial charge >= 0.3 is 6.09 Å².